The molecule has 0 aromatic rings. The fourth-order valence-electron chi connectivity index (χ4n) is 0.700. The van der Waals surface area contributed by atoms with Gasteiger partial charge in [-0.1, -0.05) is 11.6 Å². The minimum atomic E-state index is -4.07. The van der Waals surface area contributed by atoms with Crippen molar-refractivity contribution in [1.29, 1.82) is 0 Å². The maximum atomic E-state index is 12.7. The predicted octanol–water partition coefficient (Wildman–Crippen LogP) is 2.24. The second kappa shape index (κ2) is 2.39. The van der Waals surface area contributed by atoms with E-state index in [4.69, 9.17) is 5.73 Å². The van der Waals surface area contributed by atoms with Gasteiger partial charge in [0.05, 0.1) is 5.70 Å². The maximum absolute atomic E-state index is 12.7. The molecular formula is C6H4ClF4N. The third-order valence-electron chi connectivity index (χ3n) is 1.42. The summed E-state index contributed by atoms with van der Waals surface area (Å²) in [6.45, 7) is 0. The van der Waals surface area contributed by atoms with Crippen molar-refractivity contribution >= 4 is 11.6 Å². The van der Waals surface area contributed by atoms with Gasteiger partial charge in [-0.25, -0.2) is 8.78 Å². The van der Waals surface area contributed by atoms with Crippen molar-refractivity contribution < 1.29 is 17.6 Å². The van der Waals surface area contributed by atoms with Crippen molar-refractivity contribution in [3.05, 3.63) is 23.7 Å². The Hall–Kier alpha value is -0.710. The van der Waals surface area contributed by atoms with Crippen molar-refractivity contribution in [2.75, 3.05) is 0 Å². The van der Waals surface area contributed by atoms with Crippen molar-refractivity contribution in [3.8, 4) is 0 Å². The number of nitrogens with two attached hydrogens (primary N) is 1. The molecule has 6 heteroatoms. The van der Waals surface area contributed by atoms with Crippen LogP contribution in [0.2, 0.25) is 0 Å². The molecule has 0 bridgehead atoms. The van der Waals surface area contributed by atoms with Gasteiger partial charge in [0.15, 0.2) is 5.83 Å². The minimum absolute atomic E-state index is 0.123. The highest BCUT2D eigenvalue weighted by atomic mass is 35.5. The number of alkyl halides is 4. The van der Waals surface area contributed by atoms with E-state index in [-0.39, 0.29) is 6.08 Å². The molecule has 1 aliphatic rings. The molecule has 12 heavy (non-hydrogen) atoms. The lowest BCUT2D eigenvalue weighted by atomic mass is 10.1. The molecule has 0 amide bonds. The first-order chi connectivity index (χ1) is 5.29. The van der Waals surface area contributed by atoms with E-state index in [0.717, 1.165) is 0 Å². The number of halogens is 5. The summed E-state index contributed by atoms with van der Waals surface area (Å²) >= 11 is 4.63. The summed E-state index contributed by atoms with van der Waals surface area (Å²) in [6.07, 6.45) is 0.702. The zero-order valence-corrected chi connectivity index (χ0v) is 6.38. The molecule has 0 aromatic carbocycles. The molecule has 1 rings (SSSR count). The summed E-state index contributed by atoms with van der Waals surface area (Å²) < 4.78 is 50.3. The number of allylic oxidation sites excluding steroid dienone is 3. The van der Waals surface area contributed by atoms with E-state index in [1.807, 2.05) is 0 Å². The zero-order chi connectivity index (χ0) is 9.57. The van der Waals surface area contributed by atoms with Gasteiger partial charge in [-0.15, -0.1) is 0 Å². The van der Waals surface area contributed by atoms with Crippen LogP contribution < -0.4 is 5.73 Å². The Kier molecular flexibility index (Phi) is 1.87. The van der Waals surface area contributed by atoms with Gasteiger partial charge in [0.25, 0.3) is 0 Å². The molecule has 68 valence electrons. The van der Waals surface area contributed by atoms with Crippen molar-refractivity contribution in [3.63, 3.8) is 0 Å². The standard InChI is InChI=1S/C6H4ClF4N/c7-6(11)4(8)3(12)1-2-5(6,9)10/h1-2H,12H2. The molecule has 0 saturated heterocycles. The third kappa shape index (κ3) is 1.08. The van der Waals surface area contributed by atoms with Gasteiger partial charge in [-0.05, 0) is 12.2 Å². The lowest BCUT2D eigenvalue weighted by Crippen LogP contribution is -2.41. The number of hydrogen-bond donors (Lipinski definition) is 1. The van der Waals surface area contributed by atoms with E-state index in [2.05, 4.69) is 11.6 Å². The van der Waals surface area contributed by atoms with E-state index in [9.17, 15) is 17.6 Å². The first kappa shape index (κ1) is 9.38. The Morgan fingerprint density at radius 3 is 2.25 bits per heavy atom. The summed E-state index contributed by atoms with van der Waals surface area (Å²) in [5, 5.41) is -3.86. The molecule has 0 aliphatic heterocycles. The highest BCUT2D eigenvalue weighted by Gasteiger charge is 2.58. The van der Waals surface area contributed by atoms with Gasteiger partial charge in [0.2, 0.25) is 0 Å². The van der Waals surface area contributed by atoms with Gasteiger partial charge in [-0.3, -0.25) is 0 Å². The second-order valence-electron chi connectivity index (χ2n) is 2.30. The van der Waals surface area contributed by atoms with Crippen LogP contribution in [-0.2, 0) is 0 Å². The summed E-state index contributed by atoms with van der Waals surface area (Å²) in [4.78, 5) is 0. The summed E-state index contributed by atoms with van der Waals surface area (Å²) in [5.74, 6) is -5.92. The maximum Gasteiger partial charge on any atom is 0.320 e. The third-order valence-corrected chi connectivity index (χ3v) is 1.84. The van der Waals surface area contributed by atoms with Crippen LogP contribution in [0.15, 0.2) is 23.7 Å². The van der Waals surface area contributed by atoms with Crippen LogP contribution in [0.4, 0.5) is 17.6 Å². The van der Waals surface area contributed by atoms with Gasteiger partial charge >= 0.3 is 11.1 Å². The van der Waals surface area contributed by atoms with E-state index in [0.29, 0.717) is 6.08 Å². The summed E-state index contributed by atoms with van der Waals surface area (Å²) in [6, 6.07) is 0. The van der Waals surface area contributed by atoms with Crippen LogP contribution in [0.3, 0.4) is 0 Å². The molecule has 1 unspecified atom stereocenters. The second-order valence-corrected chi connectivity index (χ2v) is 2.82. The Balaban J connectivity index is 3.21. The first-order valence-corrected chi connectivity index (χ1v) is 3.27. The van der Waals surface area contributed by atoms with E-state index in [1.54, 1.807) is 0 Å². The lowest BCUT2D eigenvalue weighted by molar-refractivity contribution is -0.0455. The van der Waals surface area contributed by atoms with Crippen LogP contribution in [0.1, 0.15) is 0 Å². The lowest BCUT2D eigenvalue weighted by Gasteiger charge is -2.27. The average molecular weight is 202 g/mol. The monoisotopic (exact) mass is 201 g/mol. The highest BCUT2D eigenvalue weighted by Crippen LogP contribution is 2.46. The van der Waals surface area contributed by atoms with Crippen LogP contribution in [0, 0.1) is 0 Å². The van der Waals surface area contributed by atoms with Crippen LogP contribution in [0.25, 0.3) is 0 Å². The van der Waals surface area contributed by atoms with E-state index < -0.39 is 22.6 Å². The average Bonchev–Trinajstić information content (AvgIpc) is 1.96. The quantitative estimate of drug-likeness (QED) is 0.472. The SMILES string of the molecule is NC1=C(F)C(F)(Cl)C(F)(F)C=C1. The van der Waals surface area contributed by atoms with Crippen molar-refractivity contribution in [1.82, 2.24) is 0 Å². The first-order valence-electron chi connectivity index (χ1n) is 2.89. The topological polar surface area (TPSA) is 26.0 Å². The van der Waals surface area contributed by atoms with Crippen molar-refractivity contribution in [2.24, 2.45) is 5.73 Å². The van der Waals surface area contributed by atoms with Crippen LogP contribution in [0.5, 0.6) is 0 Å². The van der Waals surface area contributed by atoms with Crippen LogP contribution in [-0.4, -0.2) is 11.1 Å². The normalized spacial score (nSPS) is 34.1. The summed E-state index contributed by atoms with van der Waals surface area (Å²) in [7, 11) is 0. The molecule has 2 N–H and O–H groups in total. The van der Waals surface area contributed by atoms with Gasteiger partial charge in [0, 0.05) is 0 Å². The van der Waals surface area contributed by atoms with Crippen molar-refractivity contribution in [2.45, 2.75) is 11.1 Å². The Bertz CT molecular complexity index is 269. The van der Waals surface area contributed by atoms with Gasteiger partial charge < -0.3 is 5.73 Å². The molecule has 1 nitrogen and oxygen atoms in total. The molecule has 0 saturated carbocycles. The molecule has 1 aliphatic carbocycles. The zero-order valence-electron chi connectivity index (χ0n) is 5.62. The van der Waals surface area contributed by atoms with E-state index >= 15 is 0 Å². The largest absolute Gasteiger partial charge is 0.396 e. The molecule has 0 spiro atoms. The molecule has 0 radical (unpaired) electrons. The molecule has 0 heterocycles. The fraction of sp³-hybridized carbons (Fsp3) is 0.333. The number of rotatable bonds is 0. The molecular weight excluding hydrogens is 198 g/mol. The highest BCUT2D eigenvalue weighted by molar-refractivity contribution is 6.25. The Morgan fingerprint density at radius 2 is 1.83 bits per heavy atom. The fourth-order valence-corrected chi connectivity index (χ4v) is 0.872. The smallest absolute Gasteiger partial charge is 0.320 e. The molecule has 0 fully saturated rings. The Labute approximate surface area is 70.5 Å². The Morgan fingerprint density at radius 1 is 1.33 bits per heavy atom. The summed E-state index contributed by atoms with van der Waals surface area (Å²) in [5.41, 5.74) is 4.11. The van der Waals surface area contributed by atoms with Crippen LogP contribution >= 0.6 is 11.6 Å². The predicted molar refractivity (Wildman–Crippen MR) is 36.1 cm³/mol. The molecule has 0 aromatic heterocycles. The van der Waals surface area contributed by atoms with Gasteiger partial charge in [-0.2, -0.15) is 8.78 Å². The minimum Gasteiger partial charge on any atom is -0.396 e. The van der Waals surface area contributed by atoms with E-state index in [1.165, 1.54) is 0 Å². The molecule has 1 atom stereocenters. The van der Waals surface area contributed by atoms with Gasteiger partial charge in [0.1, 0.15) is 0 Å². The number of hydrogen-bond acceptors (Lipinski definition) is 1.